The molecule has 1 aromatic rings. The van der Waals surface area contributed by atoms with Crippen molar-refractivity contribution in [2.24, 2.45) is 23.3 Å². The van der Waals surface area contributed by atoms with Crippen molar-refractivity contribution in [3.63, 3.8) is 0 Å². The van der Waals surface area contributed by atoms with Gasteiger partial charge in [-0.2, -0.15) is 0 Å². The number of carbonyl (C=O) groups excluding carboxylic acids is 4. The van der Waals surface area contributed by atoms with Gasteiger partial charge < -0.3 is 32.5 Å². The Labute approximate surface area is 211 Å². The van der Waals surface area contributed by atoms with E-state index in [1.54, 1.807) is 51.1 Å². The average molecular weight is 506 g/mol. The van der Waals surface area contributed by atoms with Gasteiger partial charge in [-0.3, -0.25) is 19.2 Å². The molecule has 200 valence electrons. The first-order chi connectivity index (χ1) is 16.9. The fraction of sp³-hybridized carbons (Fsp3) is 0.560. The summed E-state index contributed by atoms with van der Waals surface area (Å²) in [4.78, 5) is 61.7. The Morgan fingerprint density at radius 2 is 1.47 bits per heavy atom. The first-order valence-electron chi connectivity index (χ1n) is 12.1. The van der Waals surface area contributed by atoms with Crippen molar-refractivity contribution in [3.05, 3.63) is 35.9 Å². The molecule has 36 heavy (non-hydrogen) atoms. The number of rotatable bonds is 15. The molecule has 0 fully saturated rings. The smallest absolute Gasteiger partial charge is 0.326 e. The number of carboxylic acid groups (broad SMARTS) is 1. The van der Waals surface area contributed by atoms with E-state index in [-0.39, 0.29) is 31.1 Å². The van der Waals surface area contributed by atoms with Gasteiger partial charge in [-0.05, 0) is 23.8 Å². The fourth-order valence-electron chi connectivity index (χ4n) is 3.39. The summed E-state index contributed by atoms with van der Waals surface area (Å²) in [5.74, 6) is -4.25. The molecule has 0 aliphatic rings. The third kappa shape index (κ3) is 10.0. The second-order valence-electron chi connectivity index (χ2n) is 9.30. The van der Waals surface area contributed by atoms with Crippen molar-refractivity contribution in [3.8, 4) is 0 Å². The Morgan fingerprint density at radius 3 is 1.97 bits per heavy atom. The summed E-state index contributed by atoms with van der Waals surface area (Å²) >= 11 is 0. The van der Waals surface area contributed by atoms with E-state index in [1.165, 1.54) is 0 Å². The normalized spacial score (nSPS) is 15.2. The minimum atomic E-state index is -1.37. The highest BCUT2D eigenvalue weighted by atomic mass is 16.4. The number of amides is 4. The van der Waals surface area contributed by atoms with E-state index in [2.05, 4.69) is 16.0 Å². The van der Waals surface area contributed by atoms with Crippen LogP contribution in [0.25, 0.3) is 0 Å². The molecule has 1 aromatic carbocycles. The maximum atomic E-state index is 13.3. The number of hydrogen-bond donors (Lipinski definition) is 6. The molecule has 0 saturated heterocycles. The van der Waals surface area contributed by atoms with E-state index in [0.717, 1.165) is 5.56 Å². The molecule has 0 aliphatic heterocycles. The van der Waals surface area contributed by atoms with Gasteiger partial charge in [0.15, 0.2) is 0 Å². The zero-order valence-electron chi connectivity index (χ0n) is 21.3. The molecular formula is C25H39N5O6. The quantitative estimate of drug-likeness (QED) is 0.194. The topological polar surface area (TPSA) is 194 Å². The van der Waals surface area contributed by atoms with Crippen molar-refractivity contribution in [2.75, 3.05) is 0 Å². The summed E-state index contributed by atoms with van der Waals surface area (Å²) in [6, 6.07) is 4.61. The molecule has 4 amide bonds. The van der Waals surface area contributed by atoms with Gasteiger partial charge in [0.1, 0.15) is 18.1 Å². The SMILES string of the molecule is CCC(C)C(NC(=O)C(N)C(C)C)C(=O)NC(Cc1ccccc1)C(=O)NC(CCC(N)=O)C(=O)O. The van der Waals surface area contributed by atoms with Crippen molar-refractivity contribution in [1.29, 1.82) is 0 Å². The third-order valence-corrected chi connectivity index (χ3v) is 6.02. The van der Waals surface area contributed by atoms with Crippen molar-refractivity contribution in [1.82, 2.24) is 16.0 Å². The van der Waals surface area contributed by atoms with Gasteiger partial charge in [-0.1, -0.05) is 64.4 Å². The van der Waals surface area contributed by atoms with Crippen LogP contribution in [0.3, 0.4) is 0 Å². The summed E-state index contributed by atoms with van der Waals surface area (Å²) < 4.78 is 0. The van der Waals surface area contributed by atoms with Gasteiger partial charge in [0, 0.05) is 12.8 Å². The number of carbonyl (C=O) groups is 5. The highest BCUT2D eigenvalue weighted by molar-refractivity contribution is 5.94. The van der Waals surface area contributed by atoms with Crippen LogP contribution in [-0.4, -0.2) is 58.9 Å². The molecule has 0 bridgehead atoms. The fourth-order valence-corrected chi connectivity index (χ4v) is 3.39. The van der Waals surface area contributed by atoms with Gasteiger partial charge in [0.05, 0.1) is 6.04 Å². The Bertz CT molecular complexity index is 907. The molecule has 11 heteroatoms. The maximum absolute atomic E-state index is 13.3. The van der Waals surface area contributed by atoms with Gasteiger partial charge in [0.2, 0.25) is 23.6 Å². The zero-order chi connectivity index (χ0) is 27.4. The van der Waals surface area contributed by atoms with Gasteiger partial charge in [-0.25, -0.2) is 4.79 Å². The molecule has 5 atom stereocenters. The van der Waals surface area contributed by atoms with Crippen LogP contribution in [0.15, 0.2) is 30.3 Å². The van der Waals surface area contributed by atoms with E-state index in [9.17, 15) is 29.1 Å². The Balaban J connectivity index is 3.15. The van der Waals surface area contributed by atoms with Crippen molar-refractivity contribution in [2.45, 2.75) is 77.5 Å². The maximum Gasteiger partial charge on any atom is 0.326 e. The predicted molar refractivity (Wildman–Crippen MR) is 134 cm³/mol. The largest absolute Gasteiger partial charge is 0.480 e. The monoisotopic (exact) mass is 505 g/mol. The first kappa shape index (κ1) is 30.6. The summed E-state index contributed by atoms with van der Waals surface area (Å²) in [5, 5.41) is 17.2. The van der Waals surface area contributed by atoms with Crippen LogP contribution in [0, 0.1) is 11.8 Å². The lowest BCUT2D eigenvalue weighted by atomic mass is 9.96. The number of aliphatic carboxylic acids is 1. The van der Waals surface area contributed by atoms with E-state index >= 15 is 0 Å². The molecule has 0 aliphatic carbocycles. The molecule has 5 unspecified atom stereocenters. The number of benzene rings is 1. The number of carboxylic acids is 1. The highest BCUT2D eigenvalue weighted by Gasteiger charge is 2.33. The standard InChI is InChI=1S/C25H39N5O6/c1-5-15(4)21(30-23(33)20(27)14(2)3)24(34)29-18(13-16-9-7-6-8-10-16)22(32)28-17(25(35)36)11-12-19(26)31/h6-10,14-15,17-18,20-21H,5,11-13,27H2,1-4H3,(H2,26,31)(H,28,32)(H,29,34)(H,30,33)(H,35,36). The van der Waals surface area contributed by atoms with Crippen molar-refractivity contribution >= 4 is 29.6 Å². The zero-order valence-corrected chi connectivity index (χ0v) is 21.3. The second kappa shape index (κ2) is 14.8. The minimum Gasteiger partial charge on any atom is -0.480 e. The van der Waals surface area contributed by atoms with Crippen LogP contribution < -0.4 is 27.4 Å². The number of nitrogens with one attached hydrogen (secondary N) is 3. The van der Waals surface area contributed by atoms with Gasteiger partial charge in [0.25, 0.3) is 0 Å². The lowest BCUT2D eigenvalue weighted by molar-refractivity contribution is -0.142. The van der Waals surface area contributed by atoms with Crippen LogP contribution in [0.4, 0.5) is 0 Å². The lowest BCUT2D eigenvalue weighted by Crippen LogP contribution is -2.59. The number of primary amides is 1. The molecule has 11 nitrogen and oxygen atoms in total. The van der Waals surface area contributed by atoms with Gasteiger partial charge >= 0.3 is 5.97 Å². The third-order valence-electron chi connectivity index (χ3n) is 6.02. The molecule has 0 saturated carbocycles. The molecular weight excluding hydrogens is 466 g/mol. The lowest BCUT2D eigenvalue weighted by Gasteiger charge is -2.28. The summed E-state index contributed by atoms with van der Waals surface area (Å²) in [6.45, 7) is 7.24. The van der Waals surface area contributed by atoms with Crippen molar-refractivity contribution < 1.29 is 29.1 Å². The number of nitrogens with two attached hydrogens (primary N) is 2. The summed E-state index contributed by atoms with van der Waals surface area (Å²) in [7, 11) is 0. The van der Waals surface area contributed by atoms with Crippen LogP contribution >= 0.6 is 0 Å². The second-order valence-corrected chi connectivity index (χ2v) is 9.30. The molecule has 0 aromatic heterocycles. The van der Waals surface area contributed by atoms with Crippen LogP contribution in [0.1, 0.15) is 52.5 Å². The molecule has 0 spiro atoms. The summed E-state index contributed by atoms with van der Waals surface area (Å²) in [6.07, 6.45) is 0.221. The Hall–Kier alpha value is -3.47. The summed E-state index contributed by atoms with van der Waals surface area (Å²) in [5.41, 5.74) is 11.8. The van der Waals surface area contributed by atoms with Gasteiger partial charge in [-0.15, -0.1) is 0 Å². The van der Waals surface area contributed by atoms with Crippen LogP contribution in [0.2, 0.25) is 0 Å². The molecule has 0 heterocycles. The minimum absolute atomic E-state index is 0.0766. The average Bonchev–Trinajstić information content (AvgIpc) is 2.83. The molecule has 8 N–H and O–H groups in total. The van der Waals surface area contributed by atoms with Crippen LogP contribution in [0.5, 0.6) is 0 Å². The Kier molecular flexibility index (Phi) is 12.6. The van der Waals surface area contributed by atoms with Crippen LogP contribution in [-0.2, 0) is 30.4 Å². The first-order valence-corrected chi connectivity index (χ1v) is 12.1. The van der Waals surface area contributed by atoms with E-state index in [1.807, 2.05) is 6.92 Å². The number of hydrogen-bond acceptors (Lipinski definition) is 6. The predicted octanol–water partition coefficient (Wildman–Crippen LogP) is 0.0630. The Morgan fingerprint density at radius 1 is 0.889 bits per heavy atom. The van der Waals surface area contributed by atoms with E-state index in [0.29, 0.717) is 6.42 Å². The highest BCUT2D eigenvalue weighted by Crippen LogP contribution is 2.11. The molecule has 1 rings (SSSR count). The van der Waals surface area contributed by atoms with E-state index in [4.69, 9.17) is 11.5 Å². The molecule has 0 radical (unpaired) electrons. The van der Waals surface area contributed by atoms with E-state index < -0.39 is 53.8 Å².